The van der Waals surface area contributed by atoms with Crippen LogP contribution >= 0.6 is 11.6 Å². The number of nitro groups is 1. The van der Waals surface area contributed by atoms with Crippen molar-refractivity contribution in [2.24, 2.45) is 10.5 Å². The van der Waals surface area contributed by atoms with Gasteiger partial charge in [0.15, 0.2) is 5.71 Å². The van der Waals surface area contributed by atoms with Gasteiger partial charge in [-0.3, -0.25) is 34.8 Å². The van der Waals surface area contributed by atoms with Crippen LogP contribution in [0.15, 0.2) is 34.4 Å². The zero-order chi connectivity index (χ0) is 24.9. The molecule has 0 fully saturated rings. The SMILES string of the molecule is CCC(C)(C)C(=O)OCCN1C(=O)C(C#N)=C(C)/C(=N/Nc2ccc(Cl)cc2[N+](=O)[O-])C1=O. The van der Waals surface area contributed by atoms with Gasteiger partial charge in [-0.2, -0.15) is 10.4 Å². The van der Waals surface area contributed by atoms with Crippen molar-refractivity contribution in [3.8, 4) is 6.07 Å². The summed E-state index contributed by atoms with van der Waals surface area (Å²) in [7, 11) is 0. The zero-order valence-electron chi connectivity index (χ0n) is 18.5. The first-order chi connectivity index (χ1) is 15.4. The summed E-state index contributed by atoms with van der Waals surface area (Å²) in [5.74, 6) is -2.17. The van der Waals surface area contributed by atoms with Crippen LogP contribution < -0.4 is 5.43 Å². The molecular formula is C21H22ClN5O6. The van der Waals surface area contributed by atoms with Gasteiger partial charge in [-0.1, -0.05) is 18.5 Å². The molecule has 1 aliphatic heterocycles. The van der Waals surface area contributed by atoms with Crippen LogP contribution in [0.2, 0.25) is 5.02 Å². The molecule has 33 heavy (non-hydrogen) atoms. The average molecular weight is 476 g/mol. The van der Waals surface area contributed by atoms with Gasteiger partial charge in [0.25, 0.3) is 17.5 Å². The van der Waals surface area contributed by atoms with Crippen LogP contribution in [-0.4, -0.2) is 46.5 Å². The number of benzene rings is 1. The second-order valence-corrected chi connectivity index (χ2v) is 8.17. The Morgan fingerprint density at radius 2 is 2.03 bits per heavy atom. The van der Waals surface area contributed by atoms with Crippen LogP contribution in [-0.2, 0) is 19.1 Å². The van der Waals surface area contributed by atoms with Gasteiger partial charge in [0.05, 0.1) is 16.9 Å². The molecule has 0 saturated heterocycles. The number of imide groups is 1. The van der Waals surface area contributed by atoms with Crippen LogP contribution in [0.25, 0.3) is 0 Å². The number of amides is 2. The van der Waals surface area contributed by atoms with Gasteiger partial charge in [0.2, 0.25) is 0 Å². The van der Waals surface area contributed by atoms with Crippen molar-refractivity contribution >= 4 is 46.5 Å². The summed E-state index contributed by atoms with van der Waals surface area (Å²) in [6.45, 7) is 6.05. The molecule has 11 nitrogen and oxygen atoms in total. The highest BCUT2D eigenvalue weighted by Crippen LogP contribution is 2.28. The fourth-order valence-corrected chi connectivity index (χ4v) is 2.86. The number of carbonyl (C=O) groups is 3. The molecule has 0 unspecified atom stereocenters. The van der Waals surface area contributed by atoms with Crippen molar-refractivity contribution in [1.82, 2.24) is 4.90 Å². The summed E-state index contributed by atoms with van der Waals surface area (Å²) >= 11 is 5.79. The molecule has 2 rings (SSSR count). The minimum atomic E-state index is -0.845. The molecule has 0 atom stereocenters. The normalized spacial score (nSPS) is 15.5. The molecular weight excluding hydrogens is 454 g/mol. The first-order valence-electron chi connectivity index (χ1n) is 9.87. The Bertz CT molecular complexity index is 1120. The van der Waals surface area contributed by atoms with E-state index in [1.54, 1.807) is 19.9 Å². The van der Waals surface area contributed by atoms with Gasteiger partial charge in [0, 0.05) is 16.7 Å². The first-order valence-corrected chi connectivity index (χ1v) is 10.2. The highest BCUT2D eigenvalue weighted by atomic mass is 35.5. The molecule has 12 heteroatoms. The number of nitro benzene ring substituents is 1. The number of hydrogen-bond acceptors (Lipinski definition) is 9. The summed E-state index contributed by atoms with van der Waals surface area (Å²) in [5.41, 5.74) is 0.692. The third kappa shape index (κ3) is 5.53. The lowest BCUT2D eigenvalue weighted by molar-refractivity contribution is -0.383. The fraction of sp³-hybridized carbons (Fsp3) is 0.381. The quantitative estimate of drug-likeness (QED) is 0.260. The Hall–Kier alpha value is -3.78. The second-order valence-electron chi connectivity index (χ2n) is 7.74. The molecule has 1 aromatic carbocycles. The van der Waals surface area contributed by atoms with Gasteiger partial charge in [-0.15, -0.1) is 0 Å². The number of esters is 1. The number of hydrogen-bond donors (Lipinski definition) is 1. The predicted molar refractivity (Wildman–Crippen MR) is 119 cm³/mol. The maximum atomic E-state index is 12.9. The van der Waals surface area contributed by atoms with E-state index in [0.717, 1.165) is 11.0 Å². The Morgan fingerprint density at radius 1 is 1.36 bits per heavy atom. The summed E-state index contributed by atoms with van der Waals surface area (Å²) < 4.78 is 5.18. The van der Waals surface area contributed by atoms with Crippen LogP contribution in [0.4, 0.5) is 11.4 Å². The average Bonchev–Trinajstić information content (AvgIpc) is 2.76. The molecule has 1 aromatic rings. The highest BCUT2D eigenvalue weighted by Gasteiger charge is 2.37. The number of nitrogens with one attached hydrogen (secondary N) is 1. The summed E-state index contributed by atoms with van der Waals surface area (Å²) in [5, 5.41) is 24.7. The molecule has 0 bridgehead atoms. The highest BCUT2D eigenvalue weighted by molar-refractivity contribution is 6.50. The van der Waals surface area contributed by atoms with E-state index in [1.165, 1.54) is 19.1 Å². The van der Waals surface area contributed by atoms with Crippen molar-refractivity contribution < 1.29 is 24.0 Å². The molecule has 1 aliphatic rings. The lowest BCUT2D eigenvalue weighted by Gasteiger charge is -2.27. The van der Waals surface area contributed by atoms with E-state index in [-0.39, 0.29) is 46.4 Å². The number of nitriles is 1. The number of nitrogens with zero attached hydrogens (tertiary/aromatic N) is 4. The second kappa shape index (κ2) is 10.2. The van der Waals surface area contributed by atoms with E-state index in [9.17, 15) is 29.8 Å². The number of ether oxygens (including phenoxy) is 1. The van der Waals surface area contributed by atoms with Gasteiger partial charge < -0.3 is 4.74 Å². The van der Waals surface area contributed by atoms with E-state index >= 15 is 0 Å². The monoisotopic (exact) mass is 475 g/mol. The molecule has 0 saturated carbocycles. The largest absolute Gasteiger partial charge is 0.463 e. The molecule has 0 radical (unpaired) electrons. The van der Waals surface area contributed by atoms with Gasteiger partial charge in [-0.05, 0) is 39.3 Å². The number of anilines is 1. The Balaban J connectivity index is 2.31. The Morgan fingerprint density at radius 3 is 2.61 bits per heavy atom. The zero-order valence-corrected chi connectivity index (χ0v) is 19.2. The van der Waals surface area contributed by atoms with Crippen molar-refractivity contribution in [3.05, 3.63) is 44.5 Å². The van der Waals surface area contributed by atoms with E-state index in [4.69, 9.17) is 16.3 Å². The summed E-state index contributed by atoms with van der Waals surface area (Å²) in [6.07, 6.45) is 0.535. The third-order valence-electron chi connectivity index (χ3n) is 5.18. The van der Waals surface area contributed by atoms with Crippen LogP contribution in [0.5, 0.6) is 0 Å². The minimum absolute atomic E-state index is 0.0111. The number of hydrazone groups is 1. The maximum Gasteiger partial charge on any atom is 0.311 e. The minimum Gasteiger partial charge on any atom is -0.463 e. The molecule has 2 amide bonds. The van der Waals surface area contributed by atoms with Gasteiger partial charge in [-0.25, -0.2) is 0 Å². The van der Waals surface area contributed by atoms with Gasteiger partial charge >= 0.3 is 5.97 Å². The lowest BCUT2D eigenvalue weighted by Crippen LogP contribution is -2.48. The first kappa shape index (κ1) is 25.5. The topological polar surface area (TPSA) is 155 Å². The lowest BCUT2D eigenvalue weighted by atomic mass is 9.91. The number of halogens is 1. The smallest absolute Gasteiger partial charge is 0.311 e. The summed E-state index contributed by atoms with van der Waals surface area (Å²) in [4.78, 5) is 49.0. The van der Waals surface area contributed by atoms with Crippen molar-refractivity contribution in [3.63, 3.8) is 0 Å². The van der Waals surface area contributed by atoms with Crippen LogP contribution in [0, 0.1) is 26.9 Å². The molecule has 1 N–H and O–H groups in total. The van der Waals surface area contributed by atoms with E-state index in [1.807, 2.05) is 6.92 Å². The summed E-state index contributed by atoms with van der Waals surface area (Å²) in [6, 6.07) is 5.55. The third-order valence-corrected chi connectivity index (χ3v) is 5.41. The molecule has 1 heterocycles. The van der Waals surface area contributed by atoms with Crippen LogP contribution in [0.1, 0.15) is 34.1 Å². The molecule has 0 aromatic heterocycles. The molecule has 174 valence electrons. The maximum absolute atomic E-state index is 12.9. The van der Waals surface area contributed by atoms with E-state index < -0.39 is 28.1 Å². The number of carbonyl (C=O) groups excluding carboxylic acids is 3. The number of rotatable bonds is 8. The van der Waals surface area contributed by atoms with Gasteiger partial charge in [0.1, 0.15) is 23.9 Å². The fourth-order valence-electron chi connectivity index (χ4n) is 2.70. The van der Waals surface area contributed by atoms with Crippen molar-refractivity contribution in [2.45, 2.75) is 34.1 Å². The van der Waals surface area contributed by atoms with E-state index in [0.29, 0.717) is 6.42 Å². The molecule has 0 spiro atoms. The van der Waals surface area contributed by atoms with Crippen molar-refractivity contribution in [1.29, 1.82) is 5.26 Å². The van der Waals surface area contributed by atoms with Crippen molar-refractivity contribution in [2.75, 3.05) is 18.6 Å². The molecule has 0 aliphatic carbocycles. The van der Waals surface area contributed by atoms with Crippen LogP contribution in [0.3, 0.4) is 0 Å². The predicted octanol–water partition coefficient (Wildman–Crippen LogP) is 3.20. The standard InChI is InChI=1S/C21H22ClN5O6/c1-5-21(3,4)20(30)33-9-8-26-18(28)14(11-23)12(2)17(19(26)29)25-24-15-7-6-13(22)10-16(15)27(31)32/h6-7,10,24H,5,8-9H2,1-4H3/b25-17-. The Labute approximate surface area is 194 Å². The Kier molecular flexibility index (Phi) is 7.90. The van der Waals surface area contributed by atoms with E-state index in [2.05, 4.69) is 10.5 Å².